The van der Waals surface area contributed by atoms with Crippen LogP contribution in [-0.4, -0.2) is 22.9 Å². The van der Waals surface area contributed by atoms with Gasteiger partial charge in [0.1, 0.15) is 6.17 Å². The smallest absolute Gasteiger partial charge is 0.241 e. The Kier molecular flexibility index (Phi) is 3.84. The van der Waals surface area contributed by atoms with Crippen molar-refractivity contribution < 1.29 is 4.79 Å². The summed E-state index contributed by atoms with van der Waals surface area (Å²) in [6, 6.07) is 4.37. The Morgan fingerprint density at radius 2 is 2.35 bits per heavy atom. The molecule has 3 unspecified atom stereocenters. The lowest BCUT2D eigenvalue weighted by Crippen LogP contribution is -2.37. The van der Waals surface area contributed by atoms with E-state index in [9.17, 15) is 4.79 Å². The minimum Gasteiger partial charge on any atom is -0.318 e. The number of thiophene rings is 1. The van der Waals surface area contributed by atoms with Crippen molar-refractivity contribution in [3.05, 3.63) is 22.4 Å². The fraction of sp³-hybridized carbons (Fsp3) is 0.615. The van der Waals surface area contributed by atoms with Crippen LogP contribution in [0.5, 0.6) is 0 Å². The number of carbonyl (C=O) groups is 1. The first-order chi connectivity index (χ1) is 8.15. The van der Waals surface area contributed by atoms with E-state index in [2.05, 4.69) is 30.6 Å². The summed E-state index contributed by atoms with van der Waals surface area (Å²) in [6.45, 7) is 6.25. The van der Waals surface area contributed by atoms with Crippen LogP contribution in [-0.2, 0) is 4.79 Å². The van der Waals surface area contributed by atoms with Crippen molar-refractivity contribution in [2.24, 2.45) is 0 Å². The maximum absolute atomic E-state index is 12.2. The SMILES string of the molecule is CCCC(C)N1C(=O)C(C)NC1c1cccs1. The van der Waals surface area contributed by atoms with Crippen LogP contribution in [0.4, 0.5) is 0 Å². The molecule has 1 fully saturated rings. The monoisotopic (exact) mass is 252 g/mol. The van der Waals surface area contributed by atoms with Crippen LogP contribution in [0.15, 0.2) is 17.5 Å². The van der Waals surface area contributed by atoms with E-state index in [1.165, 1.54) is 4.88 Å². The minimum absolute atomic E-state index is 0.0681. The van der Waals surface area contributed by atoms with Crippen LogP contribution in [0, 0.1) is 0 Å². The van der Waals surface area contributed by atoms with Gasteiger partial charge in [-0.1, -0.05) is 19.4 Å². The summed E-state index contributed by atoms with van der Waals surface area (Å²) in [4.78, 5) is 15.4. The highest BCUT2D eigenvalue weighted by Gasteiger charge is 2.39. The first-order valence-electron chi connectivity index (χ1n) is 6.26. The van der Waals surface area contributed by atoms with Crippen molar-refractivity contribution in [2.45, 2.75) is 51.9 Å². The Balaban J connectivity index is 2.22. The molecule has 0 aromatic carbocycles. The number of hydrogen-bond donors (Lipinski definition) is 1. The van der Waals surface area contributed by atoms with Crippen molar-refractivity contribution in [3.63, 3.8) is 0 Å². The Labute approximate surface area is 107 Å². The van der Waals surface area contributed by atoms with Gasteiger partial charge in [0.25, 0.3) is 0 Å². The minimum atomic E-state index is -0.0681. The predicted molar refractivity (Wildman–Crippen MR) is 70.9 cm³/mol. The van der Waals surface area contributed by atoms with Crippen LogP contribution in [0.1, 0.15) is 44.7 Å². The Bertz CT molecular complexity index is 377. The molecule has 0 bridgehead atoms. The summed E-state index contributed by atoms with van der Waals surface area (Å²) in [5.74, 6) is 0.226. The highest BCUT2D eigenvalue weighted by molar-refractivity contribution is 7.10. The van der Waals surface area contributed by atoms with Gasteiger partial charge in [-0.25, -0.2) is 0 Å². The molecular weight excluding hydrogens is 232 g/mol. The van der Waals surface area contributed by atoms with Gasteiger partial charge in [0.05, 0.1) is 6.04 Å². The molecule has 3 nitrogen and oxygen atoms in total. The number of amides is 1. The predicted octanol–water partition coefficient (Wildman–Crippen LogP) is 2.76. The van der Waals surface area contributed by atoms with E-state index in [1.807, 2.05) is 17.9 Å². The molecule has 0 spiro atoms. The van der Waals surface area contributed by atoms with Gasteiger partial charge in [-0.2, -0.15) is 0 Å². The third kappa shape index (κ3) is 2.38. The molecule has 3 atom stereocenters. The average Bonchev–Trinajstić information content (AvgIpc) is 2.88. The highest BCUT2D eigenvalue weighted by atomic mass is 32.1. The van der Waals surface area contributed by atoms with Gasteiger partial charge in [0.2, 0.25) is 5.91 Å². The molecule has 4 heteroatoms. The van der Waals surface area contributed by atoms with Gasteiger partial charge >= 0.3 is 0 Å². The molecule has 1 N–H and O–H groups in total. The molecule has 0 radical (unpaired) electrons. The second-order valence-electron chi connectivity index (χ2n) is 4.69. The standard InChI is InChI=1S/C13H20N2OS/c1-4-6-9(2)15-12(11-7-5-8-17-11)14-10(3)13(15)16/h5,7-10,12,14H,4,6H2,1-3H3. The van der Waals surface area contributed by atoms with Crippen molar-refractivity contribution in [1.82, 2.24) is 10.2 Å². The van der Waals surface area contributed by atoms with Gasteiger partial charge in [-0.05, 0) is 31.7 Å². The number of carbonyl (C=O) groups excluding carboxylic acids is 1. The molecule has 0 aliphatic carbocycles. The molecule has 94 valence electrons. The Morgan fingerprint density at radius 3 is 2.94 bits per heavy atom. The summed E-state index contributed by atoms with van der Waals surface area (Å²) in [5, 5.41) is 5.44. The normalized spacial score (nSPS) is 26.5. The third-order valence-corrected chi connectivity index (χ3v) is 4.23. The second kappa shape index (κ2) is 5.19. The van der Waals surface area contributed by atoms with E-state index in [4.69, 9.17) is 0 Å². The first-order valence-corrected chi connectivity index (χ1v) is 7.14. The molecule has 1 aliphatic heterocycles. The topological polar surface area (TPSA) is 32.3 Å². The van der Waals surface area contributed by atoms with Crippen LogP contribution >= 0.6 is 11.3 Å². The van der Waals surface area contributed by atoms with Gasteiger partial charge in [0.15, 0.2) is 0 Å². The lowest BCUT2D eigenvalue weighted by Gasteiger charge is -2.29. The van der Waals surface area contributed by atoms with Crippen molar-refractivity contribution in [2.75, 3.05) is 0 Å². The number of nitrogens with one attached hydrogen (secondary N) is 1. The molecule has 1 aromatic rings. The zero-order valence-electron chi connectivity index (χ0n) is 10.6. The van der Waals surface area contributed by atoms with E-state index >= 15 is 0 Å². The van der Waals surface area contributed by atoms with Gasteiger partial charge in [-0.15, -0.1) is 11.3 Å². The molecular formula is C13H20N2OS. The highest BCUT2D eigenvalue weighted by Crippen LogP contribution is 2.31. The van der Waals surface area contributed by atoms with E-state index in [-0.39, 0.29) is 18.1 Å². The fourth-order valence-electron chi connectivity index (χ4n) is 2.43. The van der Waals surface area contributed by atoms with E-state index < -0.39 is 0 Å². The van der Waals surface area contributed by atoms with Gasteiger partial charge < -0.3 is 4.90 Å². The Hall–Kier alpha value is -0.870. The second-order valence-corrected chi connectivity index (χ2v) is 5.67. The number of rotatable bonds is 4. The van der Waals surface area contributed by atoms with E-state index in [0.717, 1.165) is 12.8 Å². The molecule has 1 saturated heterocycles. The zero-order chi connectivity index (χ0) is 12.4. The first kappa shape index (κ1) is 12.6. The van der Waals surface area contributed by atoms with Crippen LogP contribution in [0.3, 0.4) is 0 Å². The summed E-state index contributed by atoms with van der Waals surface area (Å²) >= 11 is 1.71. The summed E-state index contributed by atoms with van der Waals surface area (Å²) < 4.78 is 0. The molecule has 1 aliphatic rings. The molecule has 1 aromatic heterocycles. The van der Waals surface area contributed by atoms with Gasteiger partial charge in [-0.3, -0.25) is 10.1 Å². The largest absolute Gasteiger partial charge is 0.318 e. The fourth-order valence-corrected chi connectivity index (χ4v) is 3.22. The molecule has 0 saturated carbocycles. The maximum Gasteiger partial charge on any atom is 0.241 e. The number of hydrogen-bond acceptors (Lipinski definition) is 3. The van der Waals surface area contributed by atoms with Crippen molar-refractivity contribution in [3.8, 4) is 0 Å². The lowest BCUT2D eigenvalue weighted by molar-refractivity contribution is -0.131. The number of nitrogens with zero attached hydrogens (tertiary/aromatic N) is 1. The summed E-state index contributed by atoms with van der Waals surface area (Å²) in [7, 11) is 0. The van der Waals surface area contributed by atoms with E-state index in [0.29, 0.717) is 6.04 Å². The summed E-state index contributed by atoms with van der Waals surface area (Å²) in [5.41, 5.74) is 0. The Morgan fingerprint density at radius 1 is 1.59 bits per heavy atom. The van der Waals surface area contributed by atoms with Crippen molar-refractivity contribution >= 4 is 17.2 Å². The van der Waals surface area contributed by atoms with Crippen LogP contribution in [0.25, 0.3) is 0 Å². The van der Waals surface area contributed by atoms with Crippen LogP contribution < -0.4 is 5.32 Å². The third-order valence-electron chi connectivity index (χ3n) is 3.30. The molecule has 1 amide bonds. The van der Waals surface area contributed by atoms with Gasteiger partial charge in [0, 0.05) is 10.9 Å². The molecule has 2 rings (SSSR count). The molecule has 17 heavy (non-hydrogen) atoms. The van der Waals surface area contributed by atoms with Crippen molar-refractivity contribution in [1.29, 1.82) is 0 Å². The lowest BCUT2D eigenvalue weighted by atomic mass is 10.1. The maximum atomic E-state index is 12.2. The average molecular weight is 252 g/mol. The van der Waals surface area contributed by atoms with Crippen LogP contribution in [0.2, 0.25) is 0 Å². The summed E-state index contributed by atoms with van der Waals surface area (Å²) in [6.07, 6.45) is 2.23. The zero-order valence-corrected chi connectivity index (χ0v) is 11.5. The van der Waals surface area contributed by atoms with E-state index in [1.54, 1.807) is 11.3 Å². The quantitative estimate of drug-likeness (QED) is 0.893. The molecule has 2 heterocycles.